The Hall–Kier alpha value is -3.18. The Morgan fingerprint density at radius 2 is 1.81 bits per heavy atom. The molecular formula is C21H20N4O. The van der Waals surface area contributed by atoms with E-state index in [2.05, 4.69) is 21.5 Å². The minimum atomic E-state index is -0.0554. The number of rotatable bonds is 5. The van der Waals surface area contributed by atoms with Crippen molar-refractivity contribution in [1.29, 1.82) is 0 Å². The van der Waals surface area contributed by atoms with Gasteiger partial charge in [-0.15, -0.1) is 0 Å². The van der Waals surface area contributed by atoms with Gasteiger partial charge >= 0.3 is 0 Å². The molecule has 0 atom stereocenters. The van der Waals surface area contributed by atoms with Crippen LogP contribution in [0, 0.1) is 6.92 Å². The van der Waals surface area contributed by atoms with Crippen molar-refractivity contribution >= 4 is 16.7 Å². The summed E-state index contributed by atoms with van der Waals surface area (Å²) in [4.78, 5) is 4.67. The number of aliphatic hydroxyl groups is 1. The van der Waals surface area contributed by atoms with Gasteiger partial charge in [0.1, 0.15) is 5.82 Å². The molecule has 5 nitrogen and oxygen atoms in total. The van der Waals surface area contributed by atoms with Crippen molar-refractivity contribution in [1.82, 2.24) is 14.8 Å². The zero-order valence-corrected chi connectivity index (χ0v) is 14.6. The number of nitrogens with zero attached hydrogens (tertiary/aromatic N) is 3. The first-order valence-electron chi connectivity index (χ1n) is 8.58. The van der Waals surface area contributed by atoms with E-state index in [-0.39, 0.29) is 6.61 Å². The molecule has 2 aromatic carbocycles. The fraction of sp³-hybridized carbons (Fsp3) is 0.143. The van der Waals surface area contributed by atoms with Gasteiger partial charge in [-0.1, -0.05) is 36.4 Å². The first-order valence-corrected chi connectivity index (χ1v) is 8.58. The maximum Gasteiger partial charge on any atom is 0.132 e. The van der Waals surface area contributed by atoms with Crippen molar-refractivity contribution in [2.45, 2.75) is 20.1 Å². The molecule has 0 fully saturated rings. The van der Waals surface area contributed by atoms with E-state index in [0.717, 1.165) is 33.4 Å². The smallest absolute Gasteiger partial charge is 0.132 e. The van der Waals surface area contributed by atoms with Gasteiger partial charge in [0.15, 0.2) is 0 Å². The van der Waals surface area contributed by atoms with Crippen LogP contribution in [0.15, 0.2) is 66.9 Å². The van der Waals surface area contributed by atoms with E-state index in [4.69, 9.17) is 0 Å². The predicted octanol–water partition coefficient (Wildman–Crippen LogP) is 3.83. The first kappa shape index (κ1) is 16.3. The molecule has 0 spiro atoms. The normalized spacial score (nSPS) is 11.0. The molecule has 2 heterocycles. The van der Waals surface area contributed by atoms with Gasteiger partial charge in [0, 0.05) is 23.7 Å². The lowest BCUT2D eigenvalue weighted by Crippen LogP contribution is -2.08. The lowest BCUT2D eigenvalue weighted by atomic mass is 10.1. The number of aliphatic hydroxyl groups excluding tert-OH is 1. The second-order valence-electron chi connectivity index (χ2n) is 6.23. The summed E-state index contributed by atoms with van der Waals surface area (Å²) in [6, 6.07) is 20.0. The molecule has 4 aromatic rings. The van der Waals surface area contributed by atoms with Crippen molar-refractivity contribution in [3.05, 3.63) is 83.7 Å². The van der Waals surface area contributed by atoms with Gasteiger partial charge < -0.3 is 10.4 Å². The summed E-state index contributed by atoms with van der Waals surface area (Å²) in [5, 5.41) is 18.6. The molecule has 0 amide bonds. The van der Waals surface area contributed by atoms with E-state index in [1.54, 1.807) is 0 Å². The van der Waals surface area contributed by atoms with Gasteiger partial charge in [0.25, 0.3) is 0 Å². The number of fused-ring (bicyclic) bond motifs is 1. The van der Waals surface area contributed by atoms with Crippen LogP contribution in [0.5, 0.6) is 0 Å². The van der Waals surface area contributed by atoms with Crippen LogP contribution < -0.4 is 5.32 Å². The summed E-state index contributed by atoms with van der Waals surface area (Å²) in [5.41, 5.74) is 4.81. The highest BCUT2D eigenvalue weighted by Gasteiger charge is 2.09. The monoisotopic (exact) mass is 344 g/mol. The number of anilines is 1. The van der Waals surface area contributed by atoms with Crippen LogP contribution in [0.3, 0.4) is 0 Å². The van der Waals surface area contributed by atoms with Crippen LogP contribution in [0.25, 0.3) is 16.6 Å². The molecule has 0 saturated heterocycles. The molecule has 0 aliphatic carbocycles. The largest absolute Gasteiger partial charge is 0.392 e. The number of para-hydroxylation sites is 2. The Bertz CT molecular complexity index is 1050. The second-order valence-corrected chi connectivity index (χ2v) is 6.23. The van der Waals surface area contributed by atoms with E-state index in [9.17, 15) is 5.11 Å². The van der Waals surface area contributed by atoms with E-state index in [1.807, 2.05) is 72.4 Å². The Kier molecular flexibility index (Phi) is 4.37. The first-order chi connectivity index (χ1) is 12.7. The molecule has 0 unspecified atom stereocenters. The molecule has 2 N–H and O–H groups in total. The summed E-state index contributed by atoms with van der Waals surface area (Å²) in [7, 11) is 0. The van der Waals surface area contributed by atoms with E-state index in [1.165, 1.54) is 0 Å². The average molecular weight is 344 g/mol. The van der Waals surface area contributed by atoms with Gasteiger partial charge in [0.2, 0.25) is 0 Å². The average Bonchev–Trinajstić information content (AvgIpc) is 3.12. The lowest BCUT2D eigenvalue weighted by molar-refractivity contribution is 0.282. The zero-order valence-electron chi connectivity index (χ0n) is 14.6. The summed E-state index contributed by atoms with van der Waals surface area (Å²) >= 11 is 0. The number of hydrogen-bond acceptors (Lipinski definition) is 4. The Labute approximate surface area is 151 Å². The molecule has 130 valence electrons. The molecule has 0 aliphatic rings. The lowest BCUT2D eigenvalue weighted by Gasteiger charge is -2.14. The Balaban J connectivity index is 1.65. The Morgan fingerprint density at radius 3 is 2.62 bits per heavy atom. The third-order valence-corrected chi connectivity index (χ3v) is 4.38. The molecular weight excluding hydrogens is 324 g/mol. The van der Waals surface area contributed by atoms with Crippen molar-refractivity contribution in [3.8, 4) is 5.69 Å². The maximum atomic E-state index is 9.72. The van der Waals surface area contributed by atoms with Gasteiger partial charge in [-0.3, -0.25) is 0 Å². The highest BCUT2D eigenvalue weighted by Crippen LogP contribution is 2.22. The predicted molar refractivity (Wildman–Crippen MR) is 103 cm³/mol. The fourth-order valence-corrected chi connectivity index (χ4v) is 3.05. The van der Waals surface area contributed by atoms with Gasteiger partial charge in [0.05, 0.1) is 23.5 Å². The van der Waals surface area contributed by atoms with Gasteiger partial charge in [-0.2, -0.15) is 5.10 Å². The van der Waals surface area contributed by atoms with Crippen LogP contribution >= 0.6 is 0 Å². The number of hydrogen-bond donors (Lipinski definition) is 2. The number of benzene rings is 2. The number of aryl methyl sites for hydroxylation is 1. The number of nitrogens with one attached hydrogen (secondary N) is 1. The van der Waals surface area contributed by atoms with Crippen LogP contribution in [0.4, 0.5) is 5.82 Å². The molecule has 0 aliphatic heterocycles. The maximum absolute atomic E-state index is 9.72. The minimum Gasteiger partial charge on any atom is -0.392 e. The van der Waals surface area contributed by atoms with Gasteiger partial charge in [-0.05, 0) is 36.8 Å². The van der Waals surface area contributed by atoms with Crippen molar-refractivity contribution in [3.63, 3.8) is 0 Å². The van der Waals surface area contributed by atoms with Crippen LogP contribution in [-0.4, -0.2) is 19.9 Å². The topological polar surface area (TPSA) is 63.0 Å². The molecule has 5 heteroatoms. The summed E-state index contributed by atoms with van der Waals surface area (Å²) < 4.78 is 1.88. The minimum absolute atomic E-state index is 0.0554. The molecule has 2 aromatic heterocycles. The highest BCUT2D eigenvalue weighted by atomic mass is 16.3. The second kappa shape index (κ2) is 6.98. The van der Waals surface area contributed by atoms with Crippen LogP contribution in [-0.2, 0) is 13.2 Å². The molecule has 0 radical (unpaired) electrons. The van der Waals surface area contributed by atoms with E-state index < -0.39 is 0 Å². The summed E-state index contributed by atoms with van der Waals surface area (Å²) in [5.74, 6) is 0.706. The SMILES string of the molecule is Cc1ccn(-c2ccccc2CNc2nc3ccccc3cc2CO)n1. The third kappa shape index (κ3) is 3.17. The van der Waals surface area contributed by atoms with Gasteiger partial charge in [-0.25, -0.2) is 9.67 Å². The third-order valence-electron chi connectivity index (χ3n) is 4.38. The number of aromatic nitrogens is 3. The summed E-state index contributed by atoms with van der Waals surface area (Å²) in [6.07, 6.45) is 1.96. The van der Waals surface area contributed by atoms with Crippen LogP contribution in [0.1, 0.15) is 16.8 Å². The standard InChI is InChI=1S/C21H20N4O/c1-15-10-11-25(24-15)20-9-5-3-7-17(20)13-22-21-18(14-26)12-16-6-2-4-8-19(16)23-21/h2-12,26H,13-14H2,1H3,(H,22,23). The summed E-state index contributed by atoms with van der Waals surface area (Å²) in [6.45, 7) is 2.51. The van der Waals surface area contributed by atoms with Crippen molar-refractivity contribution in [2.24, 2.45) is 0 Å². The zero-order chi connectivity index (χ0) is 17.9. The quantitative estimate of drug-likeness (QED) is 0.577. The molecule has 4 rings (SSSR count). The van der Waals surface area contributed by atoms with Crippen molar-refractivity contribution < 1.29 is 5.11 Å². The molecule has 0 saturated carbocycles. The molecule has 0 bridgehead atoms. The van der Waals surface area contributed by atoms with Crippen molar-refractivity contribution in [2.75, 3.05) is 5.32 Å². The van der Waals surface area contributed by atoms with E-state index >= 15 is 0 Å². The molecule has 26 heavy (non-hydrogen) atoms. The fourth-order valence-electron chi connectivity index (χ4n) is 3.05. The van der Waals surface area contributed by atoms with E-state index in [0.29, 0.717) is 12.4 Å². The van der Waals surface area contributed by atoms with Crippen LogP contribution in [0.2, 0.25) is 0 Å². The highest BCUT2D eigenvalue weighted by molar-refractivity contribution is 5.81. The Morgan fingerprint density at radius 1 is 1.00 bits per heavy atom. The number of pyridine rings is 1.